The lowest BCUT2D eigenvalue weighted by atomic mass is 10.1. The maximum atomic E-state index is 11.8. The number of nitrogens with one attached hydrogen (secondary N) is 1. The summed E-state index contributed by atoms with van der Waals surface area (Å²) in [5.74, 6) is -0.761. The van der Waals surface area contributed by atoms with Gasteiger partial charge in [-0.25, -0.2) is 13.1 Å². The lowest BCUT2D eigenvalue weighted by Crippen LogP contribution is -2.33. The third kappa shape index (κ3) is 3.80. The summed E-state index contributed by atoms with van der Waals surface area (Å²) < 4.78 is 25.7. The number of rotatable bonds is 6. The van der Waals surface area contributed by atoms with Gasteiger partial charge in [-0.1, -0.05) is 19.1 Å². The van der Waals surface area contributed by atoms with Crippen LogP contribution in [0.15, 0.2) is 29.2 Å². The molecule has 6 nitrogen and oxygen atoms in total. The summed E-state index contributed by atoms with van der Waals surface area (Å²) in [4.78, 5) is 10.5. The Morgan fingerprint density at radius 1 is 1.50 bits per heavy atom. The third-order valence-corrected chi connectivity index (χ3v) is 3.78. The maximum absolute atomic E-state index is 11.8. The van der Waals surface area contributed by atoms with Crippen LogP contribution in [0.1, 0.15) is 25.0 Å². The minimum absolute atomic E-state index is 0.00579. The van der Waals surface area contributed by atoms with Crippen molar-refractivity contribution in [3.05, 3.63) is 29.8 Å². The van der Waals surface area contributed by atoms with Gasteiger partial charge in [-0.15, -0.1) is 0 Å². The molecule has 0 aliphatic rings. The first-order valence-corrected chi connectivity index (χ1v) is 6.91. The molecule has 1 aromatic carbocycles. The Bertz CT molecular complexity index is 528. The molecule has 100 valence electrons. The van der Waals surface area contributed by atoms with Crippen LogP contribution in [0, 0.1) is 0 Å². The normalized spacial score (nSPS) is 13.2. The highest BCUT2D eigenvalue weighted by atomic mass is 32.2. The lowest BCUT2D eigenvalue weighted by molar-refractivity contribution is -0.116. The van der Waals surface area contributed by atoms with E-state index in [2.05, 4.69) is 4.72 Å². The Labute approximate surface area is 106 Å². The summed E-state index contributed by atoms with van der Waals surface area (Å²) in [6.45, 7) is 1.33. The van der Waals surface area contributed by atoms with Crippen LogP contribution in [0.25, 0.3) is 0 Å². The van der Waals surface area contributed by atoms with Crippen LogP contribution >= 0.6 is 0 Å². The van der Waals surface area contributed by atoms with Gasteiger partial charge in [0.1, 0.15) is 0 Å². The quantitative estimate of drug-likeness (QED) is 0.671. The number of primary amides is 1. The van der Waals surface area contributed by atoms with Gasteiger partial charge in [0.15, 0.2) is 0 Å². The highest BCUT2D eigenvalue weighted by molar-refractivity contribution is 7.89. The number of aliphatic hydroxyl groups is 1. The molecule has 0 spiro atoms. The summed E-state index contributed by atoms with van der Waals surface area (Å²) in [5, 5.41) is 9.65. The van der Waals surface area contributed by atoms with Crippen LogP contribution in [0.5, 0.6) is 0 Å². The molecule has 1 amide bonds. The third-order valence-electron chi connectivity index (χ3n) is 2.38. The molecule has 0 aliphatic carbocycles. The monoisotopic (exact) mass is 272 g/mol. The first-order valence-electron chi connectivity index (χ1n) is 5.43. The van der Waals surface area contributed by atoms with Crippen LogP contribution < -0.4 is 10.5 Å². The molecule has 4 N–H and O–H groups in total. The second kappa shape index (κ2) is 5.94. The Hall–Kier alpha value is -1.44. The molecule has 0 aromatic heterocycles. The number of hydrogen-bond acceptors (Lipinski definition) is 4. The number of benzene rings is 1. The topological polar surface area (TPSA) is 109 Å². The first kappa shape index (κ1) is 14.6. The Morgan fingerprint density at radius 3 is 2.72 bits per heavy atom. The number of aliphatic hydroxyl groups excluding tert-OH is 1. The summed E-state index contributed by atoms with van der Waals surface area (Å²) in [7, 11) is -3.78. The molecule has 1 unspecified atom stereocenters. The second-order valence-electron chi connectivity index (χ2n) is 3.79. The van der Waals surface area contributed by atoms with Gasteiger partial charge in [-0.05, 0) is 24.1 Å². The molecule has 0 bridgehead atoms. The molecule has 0 fully saturated rings. The van der Waals surface area contributed by atoms with Crippen LogP contribution in [0.3, 0.4) is 0 Å². The van der Waals surface area contributed by atoms with E-state index in [4.69, 9.17) is 5.73 Å². The van der Waals surface area contributed by atoms with Crippen molar-refractivity contribution < 1.29 is 18.3 Å². The zero-order valence-electron chi connectivity index (χ0n) is 9.96. The Kier molecular flexibility index (Phi) is 4.83. The molecule has 1 rings (SSSR count). The zero-order chi connectivity index (χ0) is 13.8. The second-order valence-corrected chi connectivity index (χ2v) is 5.55. The number of amides is 1. The molecule has 0 radical (unpaired) electrons. The van der Waals surface area contributed by atoms with Crippen molar-refractivity contribution in [3.8, 4) is 0 Å². The van der Waals surface area contributed by atoms with Gasteiger partial charge in [0, 0.05) is 0 Å². The van der Waals surface area contributed by atoms with E-state index in [9.17, 15) is 18.3 Å². The number of sulfonamides is 1. The van der Waals surface area contributed by atoms with Crippen molar-refractivity contribution in [2.45, 2.75) is 24.3 Å². The van der Waals surface area contributed by atoms with Gasteiger partial charge >= 0.3 is 0 Å². The molecule has 1 atom stereocenters. The summed E-state index contributed by atoms with van der Waals surface area (Å²) in [6, 6.07) is 5.93. The van der Waals surface area contributed by atoms with Crippen LogP contribution in [-0.2, 0) is 14.8 Å². The van der Waals surface area contributed by atoms with Gasteiger partial charge in [0.05, 0.1) is 17.5 Å². The van der Waals surface area contributed by atoms with E-state index in [1.54, 1.807) is 13.0 Å². The van der Waals surface area contributed by atoms with Crippen molar-refractivity contribution >= 4 is 15.9 Å². The van der Waals surface area contributed by atoms with Crippen LogP contribution in [-0.4, -0.2) is 26.0 Å². The minimum atomic E-state index is -3.78. The van der Waals surface area contributed by atoms with Crippen molar-refractivity contribution in [1.29, 1.82) is 0 Å². The molecule has 0 aliphatic heterocycles. The van der Waals surface area contributed by atoms with Gasteiger partial charge in [-0.2, -0.15) is 0 Å². The van der Waals surface area contributed by atoms with E-state index in [1.165, 1.54) is 18.2 Å². The molecular formula is C11H16N2O4S. The SMILES string of the molecule is CCC(O)c1cccc(S(=O)(=O)NCC(N)=O)c1. The highest BCUT2D eigenvalue weighted by Gasteiger charge is 2.16. The predicted molar refractivity (Wildman–Crippen MR) is 66.1 cm³/mol. The molecule has 7 heteroatoms. The molecule has 0 saturated heterocycles. The molecule has 18 heavy (non-hydrogen) atoms. The van der Waals surface area contributed by atoms with Crippen molar-refractivity contribution in [2.75, 3.05) is 6.54 Å². The number of nitrogens with two attached hydrogens (primary N) is 1. The molecule has 1 aromatic rings. The van der Waals surface area contributed by atoms with Crippen LogP contribution in [0.2, 0.25) is 0 Å². The zero-order valence-corrected chi connectivity index (χ0v) is 10.8. The van der Waals surface area contributed by atoms with Crippen molar-refractivity contribution in [1.82, 2.24) is 4.72 Å². The van der Waals surface area contributed by atoms with Gasteiger partial charge < -0.3 is 10.8 Å². The van der Waals surface area contributed by atoms with Gasteiger partial charge in [0.25, 0.3) is 0 Å². The number of carbonyl (C=O) groups excluding carboxylic acids is 1. The van der Waals surface area contributed by atoms with Gasteiger partial charge in [-0.3, -0.25) is 4.79 Å². The number of carbonyl (C=O) groups is 1. The lowest BCUT2D eigenvalue weighted by Gasteiger charge is -2.10. The van der Waals surface area contributed by atoms with E-state index < -0.39 is 28.6 Å². The average molecular weight is 272 g/mol. The Morgan fingerprint density at radius 2 is 2.17 bits per heavy atom. The number of hydrogen-bond donors (Lipinski definition) is 3. The van der Waals surface area contributed by atoms with E-state index in [0.717, 1.165) is 0 Å². The van der Waals surface area contributed by atoms with Crippen molar-refractivity contribution in [3.63, 3.8) is 0 Å². The molecular weight excluding hydrogens is 256 g/mol. The minimum Gasteiger partial charge on any atom is -0.388 e. The first-order chi connectivity index (χ1) is 8.36. The van der Waals surface area contributed by atoms with E-state index >= 15 is 0 Å². The maximum Gasteiger partial charge on any atom is 0.241 e. The van der Waals surface area contributed by atoms with E-state index in [1.807, 2.05) is 0 Å². The largest absolute Gasteiger partial charge is 0.388 e. The fraction of sp³-hybridized carbons (Fsp3) is 0.364. The predicted octanol–water partition coefficient (Wildman–Crippen LogP) is -0.106. The van der Waals surface area contributed by atoms with E-state index in [0.29, 0.717) is 12.0 Å². The van der Waals surface area contributed by atoms with E-state index in [-0.39, 0.29) is 4.90 Å². The summed E-state index contributed by atoms with van der Waals surface area (Å²) >= 11 is 0. The fourth-order valence-corrected chi connectivity index (χ4v) is 2.42. The van der Waals surface area contributed by atoms with Crippen LogP contribution in [0.4, 0.5) is 0 Å². The van der Waals surface area contributed by atoms with Gasteiger partial charge in [0.2, 0.25) is 15.9 Å². The average Bonchev–Trinajstić information content (AvgIpc) is 2.35. The smallest absolute Gasteiger partial charge is 0.241 e. The summed E-state index contributed by atoms with van der Waals surface area (Å²) in [6.07, 6.45) is -0.227. The van der Waals surface area contributed by atoms with Crippen molar-refractivity contribution in [2.24, 2.45) is 5.73 Å². The Balaban J connectivity index is 2.98. The fourth-order valence-electron chi connectivity index (χ4n) is 1.37. The highest BCUT2D eigenvalue weighted by Crippen LogP contribution is 2.19. The molecule has 0 heterocycles. The summed E-state index contributed by atoms with van der Waals surface area (Å²) in [5.41, 5.74) is 5.38. The standard InChI is InChI=1S/C11H16N2O4S/c1-2-10(14)8-4-3-5-9(6-8)18(16,17)13-7-11(12)15/h3-6,10,13-14H,2,7H2,1H3,(H2,12,15). The molecule has 0 saturated carbocycles.